The van der Waals surface area contributed by atoms with Crippen LogP contribution in [-0.2, 0) is 0 Å². The maximum atomic E-state index is 12.3. The Morgan fingerprint density at radius 3 is 2.62 bits per heavy atom. The van der Waals surface area contributed by atoms with E-state index in [4.69, 9.17) is 4.74 Å². The molecule has 1 fully saturated rings. The van der Waals surface area contributed by atoms with Crippen LogP contribution in [0.3, 0.4) is 0 Å². The molecule has 2 aliphatic heterocycles. The zero-order valence-electron chi connectivity index (χ0n) is 13.8. The number of piperidine rings is 1. The number of hydrogen-bond acceptors (Lipinski definition) is 3. The van der Waals surface area contributed by atoms with Crippen molar-refractivity contribution in [1.82, 2.24) is 10.2 Å². The van der Waals surface area contributed by atoms with E-state index in [1.165, 1.54) is 5.56 Å². The van der Waals surface area contributed by atoms with Crippen molar-refractivity contribution in [2.45, 2.75) is 43.8 Å². The van der Waals surface area contributed by atoms with E-state index in [9.17, 15) is 13.2 Å². The molecule has 1 atom stereocenters. The Bertz CT molecular complexity index is 527. The van der Waals surface area contributed by atoms with Crippen molar-refractivity contribution >= 4 is 0 Å². The molecule has 6 heteroatoms. The van der Waals surface area contributed by atoms with E-state index in [0.717, 1.165) is 51.3 Å². The van der Waals surface area contributed by atoms with E-state index < -0.39 is 12.6 Å². The number of nitrogens with one attached hydrogen (secondary N) is 1. The first-order valence-corrected chi connectivity index (χ1v) is 8.75. The summed E-state index contributed by atoms with van der Waals surface area (Å²) >= 11 is 0. The molecule has 0 amide bonds. The van der Waals surface area contributed by atoms with Gasteiger partial charge in [0.2, 0.25) is 0 Å². The first kappa shape index (κ1) is 17.5. The van der Waals surface area contributed by atoms with Crippen molar-refractivity contribution in [3.8, 4) is 5.75 Å². The average molecular weight is 342 g/mol. The normalized spacial score (nSPS) is 22.9. The Hall–Kier alpha value is -1.27. The van der Waals surface area contributed by atoms with Gasteiger partial charge >= 0.3 is 6.18 Å². The van der Waals surface area contributed by atoms with Crippen LogP contribution in [0.25, 0.3) is 0 Å². The number of ether oxygens (including phenoxy) is 1. The number of rotatable bonds is 5. The molecule has 134 valence electrons. The molecule has 1 aromatic carbocycles. The topological polar surface area (TPSA) is 24.5 Å². The lowest BCUT2D eigenvalue weighted by atomic mass is 9.92. The number of likely N-dealkylation sites (tertiary alicyclic amines) is 1. The number of alkyl halides is 3. The van der Waals surface area contributed by atoms with Gasteiger partial charge < -0.3 is 15.0 Å². The van der Waals surface area contributed by atoms with Crippen LogP contribution in [0.4, 0.5) is 13.2 Å². The first-order chi connectivity index (χ1) is 11.5. The summed E-state index contributed by atoms with van der Waals surface area (Å²) in [6.45, 7) is 3.28. The largest absolute Gasteiger partial charge is 0.493 e. The molecule has 3 rings (SSSR count). The Morgan fingerprint density at radius 1 is 1.12 bits per heavy atom. The van der Waals surface area contributed by atoms with Crippen molar-refractivity contribution in [3.05, 3.63) is 29.8 Å². The highest BCUT2D eigenvalue weighted by Gasteiger charge is 2.29. The molecule has 1 saturated heterocycles. The van der Waals surface area contributed by atoms with Crippen LogP contribution >= 0.6 is 0 Å². The van der Waals surface area contributed by atoms with Gasteiger partial charge in [0.05, 0.1) is 13.0 Å². The molecule has 0 saturated carbocycles. The van der Waals surface area contributed by atoms with Crippen LogP contribution in [0, 0.1) is 0 Å². The van der Waals surface area contributed by atoms with E-state index in [0.29, 0.717) is 12.0 Å². The summed E-state index contributed by atoms with van der Waals surface area (Å²) in [7, 11) is 0. The molecule has 3 nitrogen and oxygen atoms in total. The smallest absolute Gasteiger partial charge is 0.390 e. The summed E-state index contributed by atoms with van der Waals surface area (Å²) in [4.78, 5) is 1.93. The molecule has 0 bridgehead atoms. The fourth-order valence-corrected chi connectivity index (χ4v) is 3.58. The van der Waals surface area contributed by atoms with Gasteiger partial charge in [0.25, 0.3) is 0 Å². The number of hydrogen-bond donors (Lipinski definition) is 1. The molecule has 0 radical (unpaired) electrons. The SMILES string of the molecule is FC(F)(F)CCN1CCC(NCC2CCOc3ccccc32)CC1. The predicted molar refractivity (Wildman–Crippen MR) is 87.4 cm³/mol. The van der Waals surface area contributed by atoms with Crippen LogP contribution < -0.4 is 10.1 Å². The molecule has 1 aromatic rings. The molecule has 0 aliphatic carbocycles. The van der Waals surface area contributed by atoms with Gasteiger partial charge in [-0.3, -0.25) is 0 Å². The van der Waals surface area contributed by atoms with Gasteiger partial charge in [-0.15, -0.1) is 0 Å². The summed E-state index contributed by atoms with van der Waals surface area (Å²) in [6.07, 6.45) is -1.91. The average Bonchev–Trinajstić information content (AvgIpc) is 2.58. The number of halogens is 3. The second kappa shape index (κ2) is 7.74. The zero-order chi connectivity index (χ0) is 17.0. The molecule has 1 unspecified atom stereocenters. The van der Waals surface area contributed by atoms with E-state index in [2.05, 4.69) is 11.4 Å². The van der Waals surface area contributed by atoms with Crippen LogP contribution in [0.2, 0.25) is 0 Å². The number of nitrogens with zero attached hydrogens (tertiary/aromatic N) is 1. The summed E-state index contributed by atoms with van der Waals surface area (Å²) in [5.74, 6) is 1.44. The third-order valence-corrected chi connectivity index (χ3v) is 5.03. The lowest BCUT2D eigenvalue weighted by Crippen LogP contribution is -2.44. The second-order valence-electron chi connectivity index (χ2n) is 6.76. The Balaban J connectivity index is 1.41. The van der Waals surface area contributed by atoms with Gasteiger partial charge in [0.1, 0.15) is 5.75 Å². The fourth-order valence-electron chi connectivity index (χ4n) is 3.58. The van der Waals surface area contributed by atoms with Crippen molar-refractivity contribution in [3.63, 3.8) is 0 Å². The highest BCUT2D eigenvalue weighted by atomic mass is 19.4. The molecule has 1 N–H and O–H groups in total. The third kappa shape index (κ3) is 4.86. The lowest BCUT2D eigenvalue weighted by molar-refractivity contribution is -0.138. The van der Waals surface area contributed by atoms with Crippen molar-refractivity contribution in [1.29, 1.82) is 0 Å². The van der Waals surface area contributed by atoms with Crippen LogP contribution in [0.1, 0.15) is 37.2 Å². The molecule has 2 heterocycles. The maximum Gasteiger partial charge on any atom is 0.390 e. The summed E-state index contributed by atoms with van der Waals surface area (Å²) in [5.41, 5.74) is 1.26. The number of fused-ring (bicyclic) bond motifs is 1. The minimum absolute atomic E-state index is 0.129. The Morgan fingerprint density at radius 2 is 1.88 bits per heavy atom. The Labute approximate surface area is 141 Å². The molecule has 0 spiro atoms. The summed E-state index contributed by atoms with van der Waals surface area (Å²) in [5, 5.41) is 3.62. The first-order valence-electron chi connectivity index (χ1n) is 8.75. The predicted octanol–water partition coefficient (Wildman–Crippen LogP) is 3.56. The monoisotopic (exact) mass is 342 g/mol. The van der Waals surface area contributed by atoms with Crippen LogP contribution in [-0.4, -0.2) is 49.9 Å². The van der Waals surface area contributed by atoms with Gasteiger partial charge in [-0.1, -0.05) is 18.2 Å². The summed E-state index contributed by atoms with van der Waals surface area (Å²) < 4.78 is 42.5. The minimum Gasteiger partial charge on any atom is -0.493 e. The van der Waals surface area contributed by atoms with Crippen LogP contribution in [0.5, 0.6) is 5.75 Å². The quantitative estimate of drug-likeness (QED) is 0.885. The van der Waals surface area contributed by atoms with E-state index in [-0.39, 0.29) is 6.54 Å². The van der Waals surface area contributed by atoms with Crippen molar-refractivity contribution in [2.24, 2.45) is 0 Å². The van der Waals surface area contributed by atoms with Gasteiger partial charge in [0.15, 0.2) is 0 Å². The fraction of sp³-hybridized carbons (Fsp3) is 0.667. The molecule has 24 heavy (non-hydrogen) atoms. The van der Waals surface area contributed by atoms with Gasteiger partial charge in [-0.05, 0) is 44.0 Å². The molecular formula is C18H25F3N2O. The van der Waals surface area contributed by atoms with Gasteiger partial charge in [-0.2, -0.15) is 13.2 Å². The molecular weight excluding hydrogens is 317 g/mol. The second-order valence-corrected chi connectivity index (χ2v) is 6.76. The van der Waals surface area contributed by atoms with Crippen molar-refractivity contribution in [2.75, 3.05) is 32.8 Å². The highest BCUT2D eigenvalue weighted by molar-refractivity contribution is 5.37. The van der Waals surface area contributed by atoms with E-state index in [1.807, 2.05) is 23.1 Å². The number of para-hydroxylation sites is 1. The Kier molecular flexibility index (Phi) is 5.66. The van der Waals surface area contributed by atoms with E-state index in [1.54, 1.807) is 0 Å². The minimum atomic E-state index is -4.05. The number of benzene rings is 1. The summed E-state index contributed by atoms with van der Waals surface area (Å²) in [6, 6.07) is 8.58. The zero-order valence-corrected chi connectivity index (χ0v) is 13.8. The highest BCUT2D eigenvalue weighted by Crippen LogP contribution is 2.33. The lowest BCUT2D eigenvalue weighted by Gasteiger charge is -2.34. The van der Waals surface area contributed by atoms with Crippen molar-refractivity contribution < 1.29 is 17.9 Å². The van der Waals surface area contributed by atoms with Crippen LogP contribution in [0.15, 0.2) is 24.3 Å². The molecule has 0 aromatic heterocycles. The third-order valence-electron chi connectivity index (χ3n) is 5.03. The van der Waals surface area contributed by atoms with Gasteiger partial charge in [0, 0.05) is 25.0 Å². The maximum absolute atomic E-state index is 12.3. The molecule has 2 aliphatic rings. The van der Waals surface area contributed by atoms with Gasteiger partial charge in [-0.25, -0.2) is 0 Å². The van der Waals surface area contributed by atoms with E-state index >= 15 is 0 Å². The standard InChI is InChI=1S/C18H25F3N2O/c19-18(20,21)8-11-23-9-5-15(6-10-23)22-13-14-7-12-24-17-4-2-1-3-16(14)17/h1-4,14-15,22H,5-13H2.